The zero-order valence-corrected chi connectivity index (χ0v) is 10.9. The molecule has 0 aliphatic carbocycles. The van der Waals surface area contributed by atoms with E-state index in [-0.39, 0.29) is 11.7 Å². The molecular weight excluding hydrogens is 244 g/mol. The molecule has 102 valence electrons. The van der Waals surface area contributed by atoms with Crippen LogP contribution in [0.25, 0.3) is 0 Å². The van der Waals surface area contributed by atoms with E-state index >= 15 is 0 Å². The number of para-hydroxylation sites is 1. The molecule has 2 saturated heterocycles. The van der Waals surface area contributed by atoms with Gasteiger partial charge in [0.05, 0.1) is 12.7 Å². The van der Waals surface area contributed by atoms with Crippen molar-refractivity contribution in [2.45, 2.75) is 0 Å². The second kappa shape index (κ2) is 4.74. The molecule has 2 aliphatic rings. The third-order valence-electron chi connectivity index (χ3n) is 4.13. The standard InChI is InChI=1S/C14H18N2O3/c1-19-12-4-2-3-11(13(12)17)14(18)16-7-9-5-15-6-10(9)8-16/h2-4,9-10,15,17H,5-8H2,1H3/t9-,10+. The van der Waals surface area contributed by atoms with Crippen LogP contribution in [0.4, 0.5) is 0 Å². The molecule has 1 amide bonds. The van der Waals surface area contributed by atoms with Crippen LogP contribution in [0, 0.1) is 11.8 Å². The Balaban J connectivity index is 1.81. The summed E-state index contributed by atoms with van der Waals surface area (Å²) in [6, 6.07) is 5.02. The van der Waals surface area contributed by atoms with Crippen molar-refractivity contribution in [1.82, 2.24) is 10.2 Å². The van der Waals surface area contributed by atoms with Crippen LogP contribution >= 0.6 is 0 Å². The van der Waals surface area contributed by atoms with Crippen molar-refractivity contribution in [3.63, 3.8) is 0 Å². The first kappa shape index (κ1) is 12.3. The SMILES string of the molecule is COc1cccc(C(=O)N2C[C@H]3CNC[C@H]3C2)c1O. The second-order valence-corrected chi connectivity index (χ2v) is 5.24. The maximum Gasteiger partial charge on any atom is 0.257 e. The highest BCUT2D eigenvalue weighted by molar-refractivity contribution is 5.97. The van der Waals surface area contributed by atoms with Crippen molar-refractivity contribution in [2.75, 3.05) is 33.3 Å². The summed E-state index contributed by atoms with van der Waals surface area (Å²) in [6.07, 6.45) is 0. The van der Waals surface area contributed by atoms with Crippen LogP contribution in [-0.4, -0.2) is 49.2 Å². The summed E-state index contributed by atoms with van der Waals surface area (Å²) in [7, 11) is 1.48. The van der Waals surface area contributed by atoms with Gasteiger partial charge in [0.1, 0.15) is 0 Å². The minimum absolute atomic E-state index is 0.0646. The number of likely N-dealkylation sites (tertiary alicyclic amines) is 1. The molecule has 19 heavy (non-hydrogen) atoms. The molecule has 3 rings (SSSR count). The van der Waals surface area contributed by atoms with Gasteiger partial charge in [0.2, 0.25) is 0 Å². The molecule has 5 heteroatoms. The Bertz CT molecular complexity index is 491. The lowest BCUT2D eigenvalue weighted by Gasteiger charge is -2.18. The third-order valence-corrected chi connectivity index (χ3v) is 4.13. The van der Waals surface area contributed by atoms with E-state index in [0.717, 1.165) is 26.2 Å². The van der Waals surface area contributed by atoms with Gasteiger partial charge in [0, 0.05) is 26.2 Å². The van der Waals surface area contributed by atoms with Gasteiger partial charge in [-0.1, -0.05) is 6.07 Å². The quantitative estimate of drug-likeness (QED) is 0.823. The summed E-state index contributed by atoms with van der Waals surface area (Å²) in [5.74, 6) is 1.27. The normalized spacial score (nSPS) is 25.4. The number of phenolic OH excluding ortho intramolecular Hbond substituents is 1. The van der Waals surface area contributed by atoms with Gasteiger partial charge < -0.3 is 20.1 Å². The number of aromatic hydroxyl groups is 1. The predicted octanol–water partition coefficient (Wildman–Crippen LogP) is 0.692. The minimum Gasteiger partial charge on any atom is -0.504 e. The number of methoxy groups -OCH3 is 1. The smallest absolute Gasteiger partial charge is 0.257 e. The van der Waals surface area contributed by atoms with Crippen molar-refractivity contribution in [1.29, 1.82) is 0 Å². The number of nitrogens with zero attached hydrogens (tertiary/aromatic N) is 1. The Hall–Kier alpha value is -1.75. The molecule has 0 saturated carbocycles. The summed E-state index contributed by atoms with van der Waals surface area (Å²) in [4.78, 5) is 14.3. The first-order valence-electron chi connectivity index (χ1n) is 6.56. The fraction of sp³-hybridized carbons (Fsp3) is 0.500. The van der Waals surface area contributed by atoms with Crippen LogP contribution in [0.2, 0.25) is 0 Å². The average molecular weight is 262 g/mol. The number of hydrogen-bond acceptors (Lipinski definition) is 4. The molecule has 0 radical (unpaired) electrons. The largest absolute Gasteiger partial charge is 0.504 e. The van der Waals surface area contributed by atoms with Crippen molar-refractivity contribution in [3.05, 3.63) is 23.8 Å². The lowest BCUT2D eigenvalue weighted by Crippen LogP contribution is -2.31. The molecule has 1 aromatic rings. The van der Waals surface area contributed by atoms with Gasteiger partial charge in [-0.2, -0.15) is 0 Å². The van der Waals surface area contributed by atoms with Crippen LogP contribution < -0.4 is 10.1 Å². The molecule has 0 spiro atoms. The highest BCUT2D eigenvalue weighted by atomic mass is 16.5. The summed E-state index contributed by atoms with van der Waals surface area (Å²) in [6.45, 7) is 3.51. The van der Waals surface area contributed by atoms with Gasteiger partial charge in [-0.3, -0.25) is 4.79 Å². The van der Waals surface area contributed by atoms with Crippen LogP contribution in [0.5, 0.6) is 11.5 Å². The maximum atomic E-state index is 12.5. The summed E-state index contributed by atoms with van der Waals surface area (Å²) >= 11 is 0. The zero-order valence-electron chi connectivity index (χ0n) is 10.9. The Morgan fingerprint density at radius 1 is 1.37 bits per heavy atom. The molecule has 1 aromatic carbocycles. The highest BCUT2D eigenvalue weighted by Crippen LogP contribution is 2.33. The van der Waals surface area contributed by atoms with Gasteiger partial charge in [-0.25, -0.2) is 0 Å². The molecule has 0 unspecified atom stereocenters. The Kier molecular flexibility index (Phi) is 3.06. The van der Waals surface area contributed by atoms with Crippen molar-refractivity contribution < 1.29 is 14.6 Å². The van der Waals surface area contributed by atoms with E-state index in [9.17, 15) is 9.90 Å². The number of nitrogens with one attached hydrogen (secondary N) is 1. The second-order valence-electron chi connectivity index (χ2n) is 5.24. The molecule has 5 nitrogen and oxygen atoms in total. The zero-order chi connectivity index (χ0) is 13.4. The van der Waals surface area contributed by atoms with Gasteiger partial charge in [0.15, 0.2) is 11.5 Å². The molecule has 2 atom stereocenters. The monoisotopic (exact) mass is 262 g/mol. The van der Waals surface area contributed by atoms with Crippen LogP contribution in [0.3, 0.4) is 0 Å². The van der Waals surface area contributed by atoms with Gasteiger partial charge in [-0.15, -0.1) is 0 Å². The molecule has 2 N–H and O–H groups in total. The van der Waals surface area contributed by atoms with Crippen molar-refractivity contribution in [3.8, 4) is 11.5 Å². The number of fused-ring (bicyclic) bond motifs is 1. The first-order valence-corrected chi connectivity index (χ1v) is 6.56. The van der Waals surface area contributed by atoms with Crippen LogP contribution in [-0.2, 0) is 0 Å². The Morgan fingerprint density at radius 3 is 2.68 bits per heavy atom. The highest BCUT2D eigenvalue weighted by Gasteiger charge is 2.38. The first-order chi connectivity index (χ1) is 9.20. The number of hydrogen-bond donors (Lipinski definition) is 2. The molecule has 0 aromatic heterocycles. The number of rotatable bonds is 2. The molecular formula is C14H18N2O3. The predicted molar refractivity (Wildman–Crippen MR) is 70.4 cm³/mol. The molecule has 0 bridgehead atoms. The number of amides is 1. The van der Waals surface area contributed by atoms with Gasteiger partial charge >= 0.3 is 0 Å². The van der Waals surface area contributed by atoms with Gasteiger partial charge in [-0.05, 0) is 24.0 Å². The molecule has 2 fully saturated rings. The van der Waals surface area contributed by atoms with E-state index in [0.29, 0.717) is 23.1 Å². The van der Waals surface area contributed by atoms with Gasteiger partial charge in [0.25, 0.3) is 5.91 Å². The van der Waals surface area contributed by atoms with Crippen molar-refractivity contribution >= 4 is 5.91 Å². The van der Waals surface area contributed by atoms with Crippen LogP contribution in [0.1, 0.15) is 10.4 Å². The number of ether oxygens (including phenoxy) is 1. The average Bonchev–Trinajstić information content (AvgIpc) is 2.99. The lowest BCUT2D eigenvalue weighted by molar-refractivity contribution is 0.0778. The number of phenols is 1. The topological polar surface area (TPSA) is 61.8 Å². The van der Waals surface area contributed by atoms with Crippen LogP contribution in [0.15, 0.2) is 18.2 Å². The third kappa shape index (κ3) is 2.04. The lowest BCUT2D eigenvalue weighted by atomic mass is 10.0. The Morgan fingerprint density at radius 2 is 2.05 bits per heavy atom. The van der Waals surface area contributed by atoms with E-state index in [2.05, 4.69) is 5.32 Å². The van der Waals surface area contributed by atoms with E-state index in [1.165, 1.54) is 7.11 Å². The van der Waals surface area contributed by atoms with E-state index in [1.807, 2.05) is 4.90 Å². The minimum atomic E-state index is -0.106. The fourth-order valence-corrected chi connectivity index (χ4v) is 3.05. The summed E-state index contributed by atoms with van der Waals surface area (Å²) < 4.78 is 5.04. The van der Waals surface area contributed by atoms with E-state index < -0.39 is 0 Å². The molecule has 2 aliphatic heterocycles. The summed E-state index contributed by atoms with van der Waals surface area (Å²) in [5.41, 5.74) is 0.326. The van der Waals surface area contributed by atoms with E-state index in [1.54, 1.807) is 18.2 Å². The molecule has 2 heterocycles. The Labute approximate surface area is 112 Å². The number of carbonyl (C=O) groups excluding carboxylic acids is 1. The number of benzene rings is 1. The van der Waals surface area contributed by atoms with E-state index in [4.69, 9.17) is 4.74 Å². The summed E-state index contributed by atoms with van der Waals surface area (Å²) in [5, 5.41) is 13.4. The van der Waals surface area contributed by atoms with Crippen molar-refractivity contribution in [2.24, 2.45) is 11.8 Å². The maximum absolute atomic E-state index is 12.5. The fourth-order valence-electron chi connectivity index (χ4n) is 3.05. The number of carbonyl (C=O) groups is 1.